The Hall–Kier alpha value is -3.22. The van der Waals surface area contributed by atoms with Gasteiger partial charge in [0.1, 0.15) is 33.9 Å². The van der Waals surface area contributed by atoms with Crippen molar-refractivity contribution < 1.29 is 28.5 Å². The summed E-state index contributed by atoms with van der Waals surface area (Å²) in [6, 6.07) is 16.3. The van der Waals surface area contributed by atoms with Gasteiger partial charge in [0.15, 0.2) is 11.6 Å². The molecule has 0 amide bonds. The van der Waals surface area contributed by atoms with Crippen molar-refractivity contribution in [3.8, 4) is 11.5 Å². The molecule has 0 saturated carbocycles. The van der Waals surface area contributed by atoms with Crippen LogP contribution in [0.4, 0.5) is 0 Å². The van der Waals surface area contributed by atoms with Crippen LogP contribution in [0.3, 0.4) is 0 Å². The van der Waals surface area contributed by atoms with Crippen molar-refractivity contribution >= 4 is 11.6 Å². The molecule has 242 valence electrons. The van der Waals surface area contributed by atoms with Crippen LogP contribution in [0, 0.1) is 0 Å². The molecular formula is C38H54O6. The molecule has 6 heteroatoms. The first-order chi connectivity index (χ1) is 20.0. The van der Waals surface area contributed by atoms with Gasteiger partial charge in [-0.05, 0) is 116 Å². The van der Waals surface area contributed by atoms with Crippen LogP contribution in [0.25, 0.3) is 0 Å². The van der Waals surface area contributed by atoms with Crippen molar-refractivity contribution in [2.24, 2.45) is 0 Å². The Morgan fingerprint density at radius 2 is 0.955 bits per heavy atom. The molecule has 0 N–H and O–H groups in total. The number of benzene rings is 2. The van der Waals surface area contributed by atoms with Crippen LogP contribution >= 0.6 is 0 Å². The van der Waals surface area contributed by atoms with Crippen LogP contribution in [0.15, 0.2) is 72.8 Å². The Bertz CT molecular complexity index is 1320. The third-order valence-corrected chi connectivity index (χ3v) is 7.76. The Balaban J connectivity index is 2.02. The van der Waals surface area contributed by atoms with Crippen LogP contribution < -0.4 is 9.47 Å². The third-order valence-electron chi connectivity index (χ3n) is 7.76. The normalized spacial score (nSPS) is 12.9. The maximum Gasteiger partial charge on any atom is 0.189 e. The number of Topliss-reactive ketones (excluding diaryl/α,β-unsaturated/α-hetero) is 2. The molecule has 2 aromatic carbocycles. The summed E-state index contributed by atoms with van der Waals surface area (Å²) >= 11 is 0. The summed E-state index contributed by atoms with van der Waals surface area (Å²) in [6.07, 6.45) is 0.620. The van der Waals surface area contributed by atoms with Crippen LogP contribution in [-0.4, -0.2) is 47.2 Å². The fourth-order valence-electron chi connectivity index (χ4n) is 4.83. The average Bonchev–Trinajstić information content (AvgIpc) is 2.91. The molecule has 0 aromatic heterocycles. The van der Waals surface area contributed by atoms with Crippen LogP contribution in [0.1, 0.15) is 101 Å². The van der Waals surface area contributed by atoms with Crippen molar-refractivity contribution in [2.45, 2.75) is 117 Å². The summed E-state index contributed by atoms with van der Waals surface area (Å²) in [7, 11) is 0. The molecule has 0 unspecified atom stereocenters. The number of ketones is 2. The first kappa shape index (κ1) is 37.0. The SMILES string of the molecule is C=C(C)C(=O)C(C)(C)OCCC(C)(C)Oc1ccc(C(C)(C)c2ccc(OC(C)(C)COC(C)(C)C(=O)C(=C)C)cc2)cc1. The lowest BCUT2D eigenvalue weighted by Gasteiger charge is -2.32. The van der Waals surface area contributed by atoms with E-state index in [1.807, 2.05) is 52.0 Å². The van der Waals surface area contributed by atoms with E-state index in [1.54, 1.807) is 41.5 Å². The second-order valence-corrected chi connectivity index (χ2v) is 14.5. The molecule has 0 saturated heterocycles. The quantitative estimate of drug-likeness (QED) is 0.168. The van der Waals surface area contributed by atoms with Crippen molar-refractivity contribution in [1.82, 2.24) is 0 Å². The third kappa shape index (κ3) is 10.2. The summed E-state index contributed by atoms with van der Waals surface area (Å²) in [5, 5.41) is 0. The van der Waals surface area contributed by atoms with Gasteiger partial charge in [-0.2, -0.15) is 0 Å². The van der Waals surface area contributed by atoms with E-state index in [4.69, 9.17) is 18.9 Å². The molecule has 0 radical (unpaired) electrons. The van der Waals surface area contributed by atoms with Crippen LogP contribution in [-0.2, 0) is 24.5 Å². The lowest BCUT2D eigenvalue weighted by molar-refractivity contribution is -0.142. The van der Waals surface area contributed by atoms with Gasteiger partial charge in [-0.3, -0.25) is 9.59 Å². The van der Waals surface area contributed by atoms with Gasteiger partial charge >= 0.3 is 0 Å². The topological polar surface area (TPSA) is 71.1 Å². The van der Waals surface area contributed by atoms with Gasteiger partial charge < -0.3 is 18.9 Å². The minimum absolute atomic E-state index is 0.0946. The largest absolute Gasteiger partial charge is 0.488 e. The summed E-state index contributed by atoms with van der Waals surface area (Å²) in [6.45, 7) is 30.8. The molecule has 6 nitrogen and oxygen atoms in total. The van der Waals surface area contributed by atoms with E-state index in [-0.39, 0.29) is 23.6 Å². The van der Waals surface area contributed by atoms with E-state index in [9.17, 15) is 9.59 Å². The van der Waals surface area contributed by atoms with E-state index >= 15 is 0 Å². The maximum atomic E-state index is 12.4. The number of carbonyl (C=O) groups is 2. The van der Waals surface area contributed by atoms with Gasteiger partial charge in [-0.15, -0.1) is 0 Å². The highest BCUT2D eigenvalue weighted by Gasteiger charge is 2.33. The first-order valence-corrected chi connectivity index (χ1v) is 15.3. The molecule has 0 aliphatic heterocycles. The molecular weight excluding hydrogens is 552 g/mol. The van der Waals surface area contributed by atoms with Crippen LogP contribution in [0.5, 0.6) is 11.5 Å². The Morgan fingerprint density at radius 3 is 1.34 bits per heavy atom. The average molecular weight is 607 g/mol. The van der Waals surface area contributed by atoms with Crippen molar-refractivity contribution in [1.29, 1.82) is 0 Å². The monoisotopic (exact) mass is 606 g/mol. The highest BCUT2D eigenvalue weighted by atomic mass is 16.6. The maximum absolute atomic E-state index is 12.4. The van der Waals surface area contributed by atoms with Crippen molar-refractivity contribution in [2.75, 3.05) is 13.2 Å². The minimum atomic E-state index is -0.964. The van der Waals surface area contributed by atoms with E-state index in [2.05, 4.69) is 51.3 Å². The van der Waals surface area contributed by atoms with Crippen LogP contribution in [0.2, 0.25) is 0 Å². The molecule has 44 heavy (non-hydrogen) atoms. The molecule has 0 fully saturated rings. The molecule has 0 aliphatic carbocycles. The number of hydrogen-bond acceptors (Lipinski definition) is 6. The van der Waals surface area contributed by atoms with Gasteiger partial charge in [-0.1, -0.05) is 51.3 Å². The van der Waals surface area contributed by atoms with E-state index in [0.29, 0.717) is 24.2 Å². The molecule has 0 bridgehead atoms. The number of rotatable bonds is 17. The highest BCUT2D eigenvalue weighted by Crippen LogP contribution is 2.35. The second kappa shape index (κ2) is 13.8. The van der Waals surface area contributed by atoms with E-state index in [0.717, 1.165) is 22.6 Å². The molecule has 2 aromatic rings. The van der Waals surface area contributed by atoms with Gasteiger partial charge in [0.05, 0.1) is 13.2 Å². The standard InChI is InChI=1S/C38H54O6/c1-26(2)32(39)37(11,12)41-24-23-34(5,6)43-30-19-15-28(16-20-30)36(9,10)29-17-21-31(22-18-29)44-35(7,8)25-42-38(13,14)33(40)27(3)4/h15-22H,1,3,23-25H2,2,4-14H3. The first-order valence-electron chi connectivity index (χ1n) is 15.3. The van der Waals surface area contributed by atoms with E-state index < -0.39 is 22.4 Å². The summed E-state index contributed by atoms with van der Waals surface area (Å²) in [4.78, 5) is 24.7. The molecule has 0 atom stereocenters. The second-order valence-electron chi connectivity index (χ2n) is 14.5. The molecule has 0 heterocycles. The number of carbonyl (C=O) groups excluding carboxylic acids is 2. The van der Waals surface area contributed by atoms with Crippen molar-refractivity contribution in [3.05, 3.63) is 84.0 Å². The number of hydrogen-bond donors (Lipinski definition) is 0. The predicted molar refractivity (Wildman–Crippen MR) is 179 cm³/mol. The molecule has 2 rings (SSSR count). The van der Waals surface area contributed by atoms with E-state index in [1.165, 1.54) is 0 Å². The Morgan fingerprint density at radius 1 is 0.591 bits per heavy atom. The van der Waals surface area contributed by atoms with Gasteiger partial charge in [0.2, 0.25) is 0 Å². The minimum Gasteiger partial charge on any atom is -0.488 e. The van der Waals surface area contributed by atoms with Gasteiger partial charge in [0.25, 0.3) is 0 Å². The lowest BCUT2D eigenvalue weighted by Crippen LogP contribution is -2.42. The van der Waals surface area contributed by atoms with Gasteiger partial charge in [0, 0.05) is 11.8 Å². The number of ether oxygens (including phenoxy) is 4. The van der Waals surface area contributed by atoms with Crippen molar-refractivity contribution in [3.63, 3.8) is 0 Å². The lowest BCUT2D eigenvalue weighted by atomic mass is 9.78. The highest BCUT2D eigenvalue weighted by molar-refractivity contribution is 6.00. The summed E-state index contributed by atoms with van der Waals surface area (Å²) in [5.74, 6) is 1.28. The zero-order chi connectivity index (χ0) is 33.7. The zero-order valence-corrected chi connectivity index (χ0v) is 29.1. The Kier molecular flexibility index (Phi) is 11.6. The smallest absolute Gasteiger partial charge is 0.189 e. The Labute approximate surface area is 265 Å². The summed E-state index contributed by atoms with van der Waals surface area (Å²) in [5.41, 5.74) is -0.00142. The van der Waals surface area contributed by atoms with Gasteiger partial charge in [-0.25, -0.2) is 0 Å². The molecule has 0 aliphatic rings. The zero-order valence-electron chi connectivity index (χ0n) is 29.1. The summed E-state index contributed by atoms with van der Waals surface area (Å²) < 4.78 is 24.4. The fourth-order valence-corrected chi connectivity index (χ4v) is 4.83. The molecule has 0 spiro atoms. The fraction of sp³-hybridized carbons (Fsp3) is 0.526. The predicted octanol–water partition coefficient (Wildman–Crippen LogP) is 8.60.